The second kappa shape index (κ2) is 10.1. The van der Waals surface area contributed by atoms with Gasteiger partial charge in [0.2, 0.25) is 0 Å². The first kappa shape index (κ1) is 26.0. The number of thiazole rings is 1. The predicted octanol–water partition coefficient (Wildman–Crippen LogP) is 7.03. The van der Waals surface area contributed by atoms with Crippen LogP contribution in [0.3, 0.4) is 0 Å². The van der Waals surface area contributed by atoms with Crippen LogP contribution in [0.5, 0.6) is 5.75 Å². The minimum Gasteiger partial charge on any atom is -0.481 e. The van der Waals surface area contributed by atoms with Crippen molar-refractivity contribution in [3.05, 3.63) is 34.8 Å². The van der Waals surface area contributed by atoms with E-state index in [4.69, 9.17) is 4.74 Å². The molecule has 1 aromatic carbocycles. The normalized spacial score (nSPS) is 23.6. The molecule has 2 atom stereocenters. The number of likely N-dealkylation sites (tertiary alicyclic amines) is 1. The number of benzene rings is 1. The Kier molecular flexibility index (Phi) is 7.53. The van der Waals surface area contributed by atoms with Gasteiger partial charge in [-0.25, -0.2) is 4.98 Å². The van der Waals surface area contributed by atoms with Gasteiger partial charge in [0.1, 0.15) is 10.8 Å². The highest BCUT2D eigenvalue weighted by molar-refractivity contribution is 7.15. The number of aliphatic carboxylic acids is 1. The average molecular weight is 507 g/mol. The highest BCUT2D eigenvalue weighted by Crippen LogP contribution is 2.46. The number of halogens is 2. The van der Waals surface area contributed by atoms with Crippen molar-refractivity contribution in [3.8, 4) is 16.3 Å². The summed E-state index contributed by atoms with van der Waals surface area (Å²) in [4.78, 5) is 20.2. The lowest BCUT2D eigenvalue weighted by atomic mass is 9.65. The number of hydrogen-bond donors (Lipinski definition) is 1. The van der Waals surface area contributed by atoms with E-state index in [1.165, 1.54) is 11.3 Å². The number of piperidine rings is 1. The van der Waals surface area contributed by atoms with E-state index in [1.54, 1.807) is 12.3 Å². The summed E-state index contributed by atoms with van der Waals surface area (Å²) in [5.74, 6) is 0.171. The Labute approximate surface area is 210 Å². The Bertz CT molecular complexity index is 1050. The minimum atomic E-state index is -2.90. The highest BCUT2D eigenvalue weighted by Gasteiger charge is 2.47. The molecule has 5 nitrogen and oxygen atoms in total. The van der Waals surface area contributed by atoms with Crippen molar-refractivity contribution in [1.29, 1.82) is 0 Å². The third-order valence-electron chi connectivity index (χ3n) is 7.48. The van der Waals surface area contributed by atoms with E-state index in [1.807, 2.05) is 19.1 Å². The van der Waals surface area contributed by atoms with Gasteiger partial charge in [0.25, 0.3) is 0 Å². The van der Waals surface area contributed by atoms with Crippen LogP contribution in [-0.2, 0) is 11.3 Å². The van der Waals surface area contributed by atoms with Crippen LogP contribution in [0.15, 0.2) is 24.4 Å². The van der Waals surface area contributed by atoms with E-state index in [0.29, 0.717) is 42.4 Å². The number of aromatic nitrogens is 1. The van der Waals surface area contributed by atoms with E-state index in [9.17, 15) is 18.7 Å². The number of carboxylic acids is 1. The molecule has 1 N–H and O–H groups in total. The van der Waals surface area contributed by atoms with Crippen LogP contribution in [-0.4, -0.2) is 40.7 Å². The fourth-order valence-corrected chi connectivity index (χ4v) is 6.31. The van der Waals surface area contributed by atoms with Crippen molar-refractivity contribution in [2.45, 2.75) is 78.9 Å². The molecule has 1 aromatic heterocycles. The van der Waals surface area contributed by atoms with Crippen LogP contribution in [0.25, 0.3) is 10.6 Å². The summed E-state index contributed by atoms with van der Waals surface area (Å²) in [7, 11) is 0. The summed E-state index contributed by atoms with van der Waals surface area (Å²) < 4.78 is 30.9. The van der Waals surface area contributed by atoms with E-state index >= 15 is 0 Å². The van der Waals surface area contributed by atoms with Crippen LogP contribution >= 0.6 is 11.3 Å². The molecule has 2 aliphatic rings. The van der Waals surface area contributed by atoms with E-state index in [2.05, 4.69) is 30.7 Å². The van der Waals surface area contributed by atoms with Crippen molar-refractivity contribution in [2.24, 2.45) is 16.7 Å². The van der Waals surface area contributed by atoms with Gasteiger partial charge in [-0.2, -0.15) is 8.78 Å². The topological polar surface area (TPSA) is 62.7 Å². The third-order valence-corrected chi connectivity index (χ3v) is 8.50. The second-order valence-corrected chi connectivity index (χ2v) is 12.4. The predicted molar refractivity (Wildman–Crippen MR) is 134 cm³/mol. The van der Waals surface area contributed by atoms with Gasteiger partial charge in [0, 0.05) is 30.7 Å². The van der Waals surface area contributed by atoms with Gasteiger partial charge in [0.15, 0.2) is 0 Å². The van der Waals surface area contributed by atoms with Gasteiger partial charge < -0.3 is 9.84 Å². The van der Waals surface area contributed by atoms with Crippen LogP contribution in [0.2, 0.25) is 0 Å². The minimum absolute atomic E-state index is 0.00324. The van der Waals surface area contributed by atoms with E-state index in [0.717, 1.165) is 36.2 Å². The summed E-state index contributed by atoms with van der Waals surface area (Å²) in [5.41, 5.74) is 0.975. The quantitative estimate of drug-likeness (QED) is 0.396. The fraction of sp³-hybridized carbons (Fsp3) is 0.630. The molecule has 4 rings (SSSR count). The Morgan fingerprint density at radius 1 is 1.34 bits per heavy atom. The SMILES string of the molecule is CCC[C@@]1(C(=O)O)C[C@@H](C(C)(C)C)CN(Cc2cnc(-c3cc(C4CC4)ccc3OC(F)F)s2)C1. The molecule has 2 heterocycles. The zero-order valence-corrected chi connectivity index (χ0v) is 21.8. The zero-order valence-electron chi connectivity index (χ0n) is 21.0. The number of carbonyl (C=O) groups is 1. The lowest BCUT2D eigenvalue weighted by Gasteiger charge is -2.48. The highest BCUT2D eigenvalue weighted by atomic mass is 32.1. The summed E-state index contributed by atoms with van der Waals surface area (Å²) in [6.07, 6.45) is 6.19. The molecule has 2 fully saturated rings. The van der Waals surface area contributed by atoms with Gasteiger partial charge in [0.05, 0.1) is 11.0 Å². The zero-order chi connectivity index (χ0) is 25.4. The Morgan fingerprint density at radius 3 is 2.69 bits per heavy atom. The van der Waals surface area contributed by atoms with Crippen molar-refractivity contribution < 1.29 is 23.4 Å². The smallest absolute Gasteiger partial charge is 0.387 e. The first-order chi connectivity index (χ1) is 16.5. The molecular formula is C27H36F2N2O3S. The van der Waals surface area contributed by atoms with Gasteiger partial charge in [-0.05, 0) is 60.6 Å². The maximum Gasteiger partial charge on any atom is 0.387 e. The lowest BCUT2D eigenvalue weighted by Crippen LogP contribution is -2.53. The molecule has 192 valence electrons. The van der Waals surface area contributed by atoms with Crippen LogP contribution < -0.4 is 4.74 Å². The van der Waals surface area contributed by atoms with E-state index < -0.39 is 18.0 Å². The first-order valence-corrected chi connectivity index (χ1v) is 13.3. The average Bonchev–Trinajstić information content (AvgIpc) is 3.52. The largest absolute Gasteiger partial charge is 0.481 e. The molecule has 0 unspecified atom stereocenters. The van der Waals surface area contributed by atoms with Gasteiger partial charge in [-0.1, -0.05) is 40.2 Å². The van der Waals surface area contributed by atoms with Crippen LogP contribution in [0, 0.1) is 16.7 Å². The molecule has 1 saturated heterocycles. The number of ether oxygens (including phenoxy) is 1. The van der Waals surface area contributed by atoms with Crippen molar-refractivity contribution in [3.63, 3.8) is 0 Å². The Morgan fingerprint density at radius 2 is 2.09 bits per heavy atom. The second-order valence-electron chi connectivity index (χ2n) is 11.3. The number of nitrogens with zero attached hydrogens (tertiary/aromatic N) is 2. The third kappa shape index (κ3) is 6.02. The van der Waals surface area contributed by atoms with Crippen molar-refractivity contribution in [2.75, 3.05) is 13.1 Å². The van der Waals surface area contributed by atoms with Crippen LogP contribution in [0.1, 0.15) is 76.2 Å². The molecule has 35 heavy (non-hydrogen) atoms. The van der Waals surface area contributed by atoms with Gasteiger partial charge in [-0.15, -0.1) is 11.3 Å². The molecule has 2 aromatic rings. The van der Waals surface area contributed by atoms with E-state index in [-0.39, 0.29) is 17.1 Å². The monoisotopic (exact) mass is 506 g/mol. The molecule has 0 spiro atoms. The summed E-state index contributed by atoms with van der Waals surface area (Å²) in [6, 6.07) is 5.43. The fourth-order valence-electron chi connectivity index (χ4n) is 5.34. The molecule has 0 radical (unpaired) electrons. The maximum atomic E-state index is 13.0. The summed E-state index contributed by atoms with van der Waals surface area (Å²) in [5, 5.41) is 10.9. The number of hydrogen-bond acceptors (Lipinski definition) is 5. The first-order valence-electron chi connectivity index (χ1n) is 12.5. The van der Waals surface area contributed by atoms with Crippen molar-refractivity contribution >= 4 is 17.3 Å². The van der Waals surface area contributed by atoms with Crippen LogP contribution in [0.4, 0.5) is 8.78 Å². The Hall–Kier alpha value is -2.06. The number of carboxylic acid groups (broad SMARTS) is 1. The maximum absolute atomic E-state index is 13.0. The molecule has 1 saturated carbocycles. The molecule has 0 amide bonds. The molecule has 1 aliphatic heterocycles. The number of rotatable bonds is 9. The number of alkyl halides is 2. The summed E-state index contributed by atoms with van der Waals surface area (Å²) >= 11 is 1.47. The Balaban J connectivity index is 1.59. The van der Waals surface area contributed by atoms with Gasteiger partial charge >= 0.3 is 12.6 Å². The lowest BCUT2D eigenvalue weighted by molar-refractivity contribution is -0.156. The molecule has 1 aliphatic carbocycles. The molecule has 8 heteroatoms. The summed E-state index contributed by atoms with van der Waals surface area (Å²) in [6.45, 7) is 7.62. The molecular weight excluding hydrogens is 470 g/mol. The molecule has 0 bridgehead atoms. The standard InChI is InChI=1S/C27H36F2N2O3S/c1-5-10-27(24(32)33)12-19(26(2,3)4)14-31(16-27)15-20-13-30-23(35-20)21-11-18(17-6-7-17)8-9-22(21)34-25(28)29/h8-9,11,13,17,19,25H,5-7,10,12,14-16H2,1-4H3,(H,32,33)/t19-,27-/m1/s1. The van der Waals surface area contributed by atoms with Gasteiger partial charge in [-0.3, -0.25) is 9.69 Å². The van der Waals surface area contributed by atoms with Crippen molar-refractivity contribution in [1.82, 2.24) is 9.88 Å².